The van der Waals surface area contributed by atoms with Gasteiger partial charge in [0.1, 0.15) is 0 Å². The van der Waals surface area contributed by atoms with Crippen molar-refractivity contribution in [2.75, 3.05) is 0 Å². The molecule has 0 atom stereocenters. The van der Waals surface area contributed by atoms with E-state index in [4.69, 9.17) is 11.6 Å². The topological polar surface area (TPSA) is 46.9 Å². The van der Waals surface area contributed by atoms with E-state index in [1.807, 2.05) is 61.0 Å². The number of hydrogen-bond acceptors (Lipinski definition) is 2. The molecule has 25 heavy (non-hydrogen) atoms. The summed E-state index contributed by atoms with van der Waals surface area (Å²) in [7, 11) is 0. The number of aromatic nitrogens is 2. The van der Waals surface area contributed by atoms with Gasteiger partial charge in [-0.15, -0.1) is 0 Å². The number of nitrogens with zero attached hydrogens (tertiary/aromatic N) is 2. The van der Waals surface area contributed by atoms with Gasteiger partial charge in [0.2, 0.25) is 0 Å². The van der Waals surface area contributed by atoms with E-state index in [0.29, 0.717) is 23.7 Å². The maximum Gasteiger partial charge on any atom is 0.255 e. The molecule has 1 heterocycles. The molecule has 0 bridgehead atoms. The second-order valence-corrected chi connectivity index (χ2v) is 6.44. The number of benzene rings is 2. The third-order valence-electron chi connectivity index (χ3n) is 4.13. The van der Waals surface area contributed by atoms with Gasteiger partial charge in [-0.25, -0.2) is 0 Å². The molecule has 3 aromatic rings. The first-order valence-corrected chi connectivity index (χ1v) is 8.53. The zero-order valence-electron chi connectivity index (χ0n) is 14.3. The Kier molecular flexibility index (Phi) is 5.19. The number of rotatable bonds is 5. The molecule has 4 nitrogen and oxygen atoms in total. The lowest BCUT2D eigenvalue weighted by molar-refractivity contribution is 0.0949. The van der Waals surface area contributed by atoms with Crippen molar-refractivity contribution in [2.24, 2.45) is 0 Å². The van der Waals surface area contributed by atoms with Gasteiger partial charge in [-0.2, -0.15) is 5.10 Å². The highest BCUT2D eigenvalue weighted by atomic mass is 35.5. The molecular formula is C20H20ClN3O. The Morgan fingerprint density at radius 2 is 1.80 bits per heavy atom. The van der Waals surface area contributed by atoms with E-state index >= 15 is 0 Å². The van der Waals surface area contributed by atoms with E-state index in [9.17, 15) is 4.79 Å². The first-order valence-electron chi connectivity index (χ1n) is 8.15. The molecule has 0 aliphatic heterocycles. The molecule has 0 unspecified atom stereocenters. The minimum Gasteiger partial charge on any atom is -0.348 e. The first-order chi connectivity index (χ1) is 12.0. The molecule has 0 saturated heterocycles. The van der Waals surface area contributed by atoms with Crippen LogP contribution in [0.1, 0.15) is 32.9 Å². The summed E-state index contributed by atoms with van der Waals surface area (Å²) in [6, 6.07) is 17.6. The summed E-state index contributed by atoms with van der Waals surface area (Å²) in [6.45, 7) is 4.87. The molecule has 3 rings (SSSR count). The zero-order chi connectivity index (χ0) is 17.8. The molecule has 0 fully saturated rings. The fourth-order valence-electron chi connectivity index (χ4n) is 2.85. The van der Waals surface area contributed by atoms with Crippen molar-refractivity contribution >= 4 is 17.5 Å². The maximum absolute atomic E-state index is 12.6. The van der Waals surface area contributed by atoms with Gasteiger partial charge in [-0.05, 0) is 37.1 Å². The zero-order valence-corrected chi connectivity index (χ0v) is 15.0. The number of nitrogens with one attached hydrogen (secondary N) is 1. The van der Waals surface area contributed by atoms with Crippen molar-refractivity contribution in [1.29, 1.82) is 0 Å². The van der Waals surface area contributed by atoms with Gasteiger partial charge in [-0.3, -0.25) is 9.48 Å². The number of carbonyl (C=O) groups is 1. The van der Waals surface area contributed by atoms with Gasteiger partial charge in [-0.1, -0.05) is 54.1 Å². The van der Waals surface area contributed by atoms with Crippen LogP contribution in [0, 0.1) is 13.8 Å². The van der Waals surface area contributed by atoms with Crippen LogP contribution in [0.3, 0.4) is 0 Å². The van der Waals surface area contributed by atoms with Gasteiger partial charge in [0.05, 0.1) is 17.8 Å². The Labute approximate surface area is 152 Å². The molecule has 0 aliphatic rings. The quantitative estimate of drug-likeness (QED) is 0.749. The van der Waals surface area contributed by atoms with Crippen LogP contribution < -0.4 is 5.32 Å². The molecular weight excluding hydrogens is 334 g/mol. The standard InChI is InChI=1S/C20H20ClN3O/c1-14-19(20(25)22-12-17-9-6-10-18(21)11-17)15(2)24(23-14)13-16-7-4-3-5-8-16/h3-11H,12-13H2,1-2H3,(H,22,25). The van der Waals surface area contributed by atoms with Crippen molar-refractivity contribution in [2.45, 2.75) is 26.9 Å². The summed E-state index contributed by atoms with van der Waals surface area (Å²) in [4.78, 5) is 12.6. The SMILES string of the molecule is Cc1nn(Cc2ccccc2)c(C)c1C(=O)NCc1cccc(Cl)c1. The molecule has 128 valence electrons. The van der Waals surface area contributed by atoms with Crippen LogP contribution in [0.2, 0.25) is 5.02 Å². The Balaban J connectivity index is 1.74. The van der Waals surface area contributed by atoms with Crippen LogP contribution in [0.5, 0.6) is 0 Å². The minimum atomic E-state index is -0.116. The molecule has 0 saturated carbocycles. The van der Waals surface area contributed by atoms with Crippen molar-refractivity contribution < 1.29 is 4.79 Å². The number of amides is 1. The van der Waals surface area contributed by atoms with Crippen molar-refractivity contribution in [3.8, 4) is 0 Å². The van der Waals surface area contributed by atoms with Crippen LogP contribution in [0.4, 0.5) is 0 Å². The molecule has 1 N–H and O–H groups in total. The van der Waals surface area contributed by atoms with Gasteiger partial charge >= 0.3 is 0 Å². The molecule has 5 heteroatoms. The number of hydrogen-bond donors (Lipinski definition) is 1. The van der Waals surface area contributed by atoms with E-state index in [1.165, 1.54) is 0 Å². The summed E-state index contributed by atoms with van der Waals surface area (Å²) in [5, 5.41) is 8.14. The molecule has 0 aliphatic carbocycles. The summed E-state index contributed by atoms with van der Waals surface area (Å²) < 4.78 is 1.87. The number of carbonyl (C=O) groups excluding carboxylic acids is 1. The molecule has 2 aromatic carbocycles. The van der Waals surface area contributed by atoms with E-state index < -0.39 is 0 Å². The van der Waals surface area contributed by atoms with Crippen molar-refractivity contribution in [1.82, 2.24) is 15.1 Å². The average molecular weight is 354 g/mol. The van der Waals surface area contributed by atoms with E-state index in [2.05, 4.69) is 22.5 Å². The molecule has 1 aromatic heterocycles. The van der Waals surface area contributed by atoms with Gasteiger partial charge in [0.25, 0.3) is 5.91 Å². The smallest absolute Gasteiger partial charge is 0.255 e. The van der Waals surface area contributed by atoms with Crippen LogP contribution in [-0.4, -0.2) is 15.7 Å². The van der Waals surface area contributed by atoms with Crippen LogP contribution in [-0.2, 0) is 13.1 Å². The molecule has 0 spiro atoms. The summed E-state index contributed by atoms with van der Waals surface area (Å²) in [5.41, 5.74) is 4.35. The third-order valence-corrected chi connectivity index (χ3v) is 4.36. The van der Waals surface area contributed by atoms with Crippen LogP contribution >= 0.6 is 11.6 Å². The molecule has 1 amide bonds. The highest BCUT2D eigenvalue weighted by molar-refractivity contribution is 6.30. The second-order valence-electron chi connectivity index (χ2n) is 6.00. The largest absolute Gasteiger partial charge is 0.348 e. The lowest BCUT2D eigenvalue weighted by Gasteiger charge is -2.07. The fourth-order valence-corrected chi connectivity index (χ4v) is 3.07. The van der Waals surface area contributed by atoms with Crippen LogP contribution in [0.25, 0.3) is 0 Å². The summed E-state index contributed by atoms with van der Waals surface area (Å²) in [5.74, 6) is -0.116. The van der Waals surface area contributed by atoms with Crippen LogP contribution in [0.15, 0.2) is 54.6 Å². The lowest BCUT2D eigenvalue weighted by atomic mass is 10.1. The average Bonchev–Trinajstić information content (AvgIpc) is 2.87. The lowest BCUT2D eigenvalue weighted by Crippen LogP contribution is -2.24. The summed E-state index contributed by atoms with van der Waals surface area (Å²) >= 11 is 5.98. The Hall–Kier alpha value is -2.59. The number of aryl methyl sites for hydroxylation is 1. The van der Waals surface area contributed by atoms with Gasteiger partial charge in [0.15, 0.2) is 0 Å². The van der Waals surface area contributed by atoms with Crippen molar-refractivity contribution in [3.63, 3.8) is 0 Å². The minimum absolute atomic E-state index is 0.116. The molecule has 0 radical (unpaired) electrons. The first kappa shape index (κ1) is 17.2. The Bertz CT molecular complexity index is 887. The normalized spacial score (nSPS) is 10.7. The predicted molar refractivity (Wildman–Crippen MR) is 99.9 cm³/mol. The Morgan fingerprint density at radius 3 is 2.52 bits per heavy atom. The monoisotopic (exact) mass is 353 g/mol. The fraction of sp³-hybridized carbons (Fsp3) is 0.200. The highest BCUT2D eigenvalue weighted by Gasteiger charge is 2.18. The Morgan fingerprint density at radius 1 is 1.08 bits per heavy atom. The van der Waals surface area contributed by atoms with E-state index in [0.717, 1.165) is 22.5 Å². The van der Waals surface area contributed by atoms with E-state index in [1.54, 1.807) is 0 Å². The highest BCUT2D eigenvalue weighted by Crippen LogP contribution is 2.16. The van der Waals surface area contributed by atoms with Gasteiger partial charge < -0.3 is 5.32 Å². The third kappa shape index (κ3) is 4.09. The maximum atomic E-state index is 12.6. The predicted octanol–water partition coefficient (Wildman–Crippen LogP) is 4.13. The van der Waals surface area contributed by atoms with Gasteiger partial charge in [0, 0.05) is 17.3 Å². The van der Waals surface area contributed by atoms with Crippen molar-refractivity contribution in [3.05, 3.63) is 87.7 Å². The summed E-state index contributed by atoms with van der Waals surface area (Å²) in [6.07, 6.45) is 0. The second kappa shape index (κ2) is 7.53. The van der Waals surface area contributed by atoms with E-state index in [-0.39, 0.29) is 5.91 Å². The number of halogens is 1.